The first kappa shape index (κ1) is 11.6. The first-order valence-corrected chi connectivity index (χ1v) is 5.71. The minimum Gasteiger partial charge on any atom is -0.372 e. The van der Waals surface area contributed by atoms with Crippen molar-refractivity contribution in [1.82, 2.24) is 14.9 Å². The lowest BCUT2D eigenvalue weighted by Gasteiger charge is -2.34. The van der Waals surface area contributed by atoms with Crippen LogP contribution < -0.4 is 10.2 Å². The molecule has 6 nitrogen and oxygen atoms in total. The maximum atomic E-state index is 11.2. The van der Waals surface area contributed by atoms with Gasteiger partial charge < -0.3 is 15.1 Å². The Hall–Kier alpha value is -1.85. The summed E-state index contributed by atoms with van der Waals surface area (Å²) in [7, 11) is 1.82. The lowest BCUT2D eigenvalue weighted by atomic mass is 10.3. The zero-order valence-electron chi connectivity index (χ0n) is 10.2. The van der Waals surface area contributed by atoms with Gasteiger partial charge in [-0.15, -0.1) is 0 Å². The zero-order valence-corrected chi connectivity index (χ0v) is 10.2. The van der Waals surface area contributed by atoms with E-state index in [-0.39, 0.29) is 5.91 Å². The number of carbonyl (C=O) groups is 1. The fourth-order valence-corrected chi connectivity index (χ4v) is 1.88. The average molecular weight is 235 g/mol. The molecule has 0 bridgehead atoms. The number of hydrogen-bond donors (Lipinski definition) is 1. The third-order valence-corrected chi connectivity index (χ3v) is 2.93. The summed E-state index contributed by atoms with van der Waals surface area (Å²) in [6, 6.07) is 0. The molecule has 1 fully saturated rings. The van der Waals surface area contributed by atoms with Crippen LogP contribution in [0.5, 0.6) is 0 Å². The summed E-state index contributed by atoms with van der Waals surface area (Å²) in [6.07, 6.45) is 3.44. The Balaban J connectivity index is 2.02. The molecule has 1 aliphatic rings. The number of piperazine rings is 1. The Kier molecular flexibility index (Phi) is 3.41. The van der Waals surface area contributed by atoms with Gasteiger partial charge in [0.05, 0.1) is 12.4 Å². The predicted molar refractivity (Wildman–Crippen MR) is 66.0 cm³/mol. The number of rotatable bonds is 2. The SMILES string of the molecule is CNc1cncc(N2CCN(C(C)=O)CC2)n1. The van der Waals surface area contributed by atoms with Gasteiger partial charge in [0.1, 0.15) is 11.6 Å². The van der Waals surface area contributed by atoms with Crippen LogP contribution in [0.2, 0.25) is 0 Å². The zero-order chi connectivity index (χ0) is 12.3. The first-order chi connectivity index (χ1) is 8.20. The van der Waals surface area contributed by atoms with E-state index in [1.807, 2.05) is 11.9 Å². The van der Waals surface area contributed by atoms with Gasteiger partial charge in [-0.1, -0.05) is 0 Å². The average Bonchev–Trinajstić information content (AvgIpc) is 2.39. The number of anilines is 2. The van der Waals surface area contributed by atoms with E-state index in [4.69, 9.17) is 0 Å². The largest absolute Gasteiger partial charge is 0.372 e. The van der Waals surface area contributed by atoms with Gasteiger partial charge in [-0.2, -0.15) is 0 Å². The fourth-order valence-electron chi connectivity index (χ4n) is 1.88. The van der Waals surface area contributed by atoms with Crippen LogP contribution in [0.25, 0.3) is 0 Å². The van der Waals surface area contributed by atoms with Crippen molar-refractivity contribution in [2.24, 2.45) is 0 Å². The van der Waals surface area contributed by atoms with E-state index in [9.17, 15) is 4.79 Å². The highest BCUT2D eigenvalue weighted by Gasteiger charge is 2.19. The molecular formula is C11H17N5O. The highest BCUT2D eigenvalue weighted by molar-refractivity contribution is 5.73. The molecule has 17 heavy (non-hydrogen) atoms. The van der Waals surface area contributed by atoms with Gasteiger partial charge in [0.15, 0.2) is 0 Å². The molecular weight excluding hydrogens is 218 g/mol. The lowest BCUT2D eigenvalue weighted by Crippen LogP contribution is -2.48. The standard InChI is InChI=1S/C11H17N5O/c1-9(17)15-3-5-16(6-4-15)11-8-13-7-10(12-2)14-11/h7-8H,3-6H2,1-2H3,(H,12,14). The van der Waals surface area contributed by atoms with Gasteiger partial charge in [0, 0.05) is 40.2 Å². The number of nitrogens with one attached hydrogen (secondary N) is 1. The lowest BCUT2D eigenvalue weighted by molar-refractivity contribution is -0.129. The van der Waals surface area contributed by atoms with Crippen LogP contribution in [0.1, 0.15) is 6.92 Å². The normalized spacial score (nSPS) is 15.9. The van der Waals surface area contributed by atoms with Gasteiger partial charge >= 0.3 is 0 Å². The van der Waals surface area contributed by atoms with Crippen molar-refractivity contribution in [1.29, 1.82) is 0 Å². The molecule has 1 aromatic rings. The second-order valence-electron chi connectivity index (χ2n) is 4.01. The molecule has 1 saturated heterocycles. The maximum Gasteiger partial charge on any atom is 0.219 e. The van der Waals surface area contributed by atoms with E-state index in [1.165, 1.54) is 0 Å². The molecule has 0 aliphatic carbocycles. The molecule has 1 N–H and O–H groups in total. The van der Waals surface area contributed by atoms with Gasteiger partial charge in [-0.25, -0.2) is 4.98 Å². The monoisotopic (exact) mass is 235 g/mol. The van der Waals surface area contributed by atoms with Crippen LogP contribution in [0.15, 0.2) is 12.4 Å². The van der Waals surface area contributed by atoms with Crippen molar-refractivity contribution in [2.75, 3.05) is 43.4 Å². The molecule has 0 saturated carbocycles. The fraction of sp³-hybridized carbons (Fsp3) is 0.545. The number of amides is 1. The maximum absolute atomic E-state index is 11.2. The molecule has 0 atom stereocenters. The second kappa shape index (κ2) is 4.99. The Labute approximate surface area is 101 Å². The Morgan fingerprint density at radius 3 is 2.59 bits per heavy atom. The van der Waals surface area contributed by atoms with Crippen LogP contribution in [0, 0.1) is 0 Å². The molecule has 0 spiro atoms. The van der Waals surface area contributed by atoms with E-state index in [2.05, 4.69) is 20.2 Å². The van der Waals surface area contributed by atoms with E-state index in [0.717, 1.165) is 37.8 Å². The highest BCUT2D eigenvalue weighted by atomic mass is 16.2. The molecule has 1 amide bonds. The Bertz CT molecular complexity index is 401. The van der Waals surface area contributed by atoms with Crippen molar-refractivity contribution in [3.63, 3.8) is 0 Å². The van der Waals surface area contributed by atoms with E-state index < -0.39 is 0 Å². The summed E-state index contributed by atoms with van der Waals surface area (Å²) in [5.41, 5.74) is 0. The quantitative estimate of drug-likeness (QED) is 0.792. The summed E-state index contributed by atoms with van der Waals surface area (Å²) >= 11 is 0. The summed E-state index contributed by atoms with van der Waals surface area (Å²) in [4.78, 5) is 23.8. The molecule has 2 heterocycles. The molecule has 6 heteroatoms. The number of hydrogen-bond acceptors (Lipinski definition) is 5. The minimum atomic E-state index is 0.139. The summed E-state index contributed by atoms with van der Waals surface area (Å²) < 4.78 is 0. The van der Waals surface area contributed by atoms with Crippen molar-refractivity contribution < 1.29 is 4.79 Å². The highest BCUT2D eigenvalue weighted by Crippen LogP contribution is 2.14. The third-order valence-electron chi connectivity index (χ3n) is 2.93. The number of nitrogens with zero attached hydrogens (tertiary/aromatic N) is 4. The van der Waals surface area contributed by atoms with Crippen molar-refractivity contribution in [3.05, 3.63) is 12.4 Å². The van der Waals surface area contributed by atoms with Gasteiger partial charge in [-0.05, 0) is 0 Å². The summed E-state index contributed by atoms with van der Waals surface area (Å²) in [5, 5.41) is 2.97. The molecule has 0 radical (unpaired) electrons. The van der Waals surface area contributed by atoms with E-state index in [0.29, 0.717) is 0 Å². The van der Waals surface area contributed by atoms with Crippen LogP contribution >= 0.6 is 0 Å². The molecule has 1 aliphatic heterocycles. The van der Waals surface area contributed by atoms with Crippen LogP contribution in [-0.4, -0.2) is 54.0 Å². The molecule has 1 aromatic heterocycles. The smallest absolute Gasteiger partial charge is 0.219 e. The van der Waals surface area contributed by atoms with E-state index in [1.54, 1.807) is 19.3 Å². The summed E-state index contributed by atoms with van der Waals surface area (Å²) in [6.45, 7) is 4.72. The molecule has 0 aromatic carbocycles. The summed E-state index contributed by atoms with van der Waals surface area (Å²) in [5.74, 6) is 1.76. The number of carbonyl (C=O) groups excluding carboxylic acids is 1. The van der Waals surface area contributed by atoms with Crippen LogP contribution in [-0.2, 0) is 4.79 Å². The minimum absolute atomic E-state index is 0.139. The molecule has 2 rings (SSSR count). The van der Waals surface area contributed by atoms with Crippen molar-refractivity contribution >= 4 is 17.5 Å². The molecule has 92 valence electrons. The Morgan fingerprint density at radius 2 is 2.00 bits per heavy atom. The predicted octanol–water partition coefficient (Wildman–Crippen LogP) is 0.187. The van der Waals surface area contributed by atoms with Gasteiger partial charge in [0.25, 0.3) is 0 Å². The van der Waals surface area contributed by atoms with E-state index >= 15 is 0 Å². The second-order valence-corrected chi connectivity index (χ2v) is 4.01. The number of aromatic nitrogens is 2. The third kappa shape index (κ3) is 2.64. The van der Waals surface area contributed by atoms with Gasteiger partial charge in [-0.3, -0.25) is 9.78 Å². The van der Waals surface area contributed by atoms with Crippen molar-refractivity contribution in [3.8, 4) is 0 Å². The van der Waals surface area contributed by atoms with Crippen LogP contribution in [0.4, 0.5) is 11.6 Å². The topological polar surface area (TPSA) is 61.4 Å². The van der Waals surface area contributed by atoms with Crippen molar-refractivity contribution in [2.45, 2.75) is 6.92 Å². The van der Waals surface area contributed by atoms with Crippen LogP contribution in [0.3, 0.4) is 0 Å². The van der Waals surface area contributed by atoms with Gasteiger partial charge in [0.2, 0.25) is 5.91 Å². The first-order valence-electron chi connectivity index (χ1n) is 5.71. The Morgan fingerprint density at radius 1 is 1.29 bits per heavy atom. The molecule has 0 unspecified atom stereocenters.